The van der Waals surface area contributed by atoms with Crippen molar-refractivity contribution in [3.05, 3.63) is 94.0 Å². The minimum Gasteiger partial charge on any atom is -0.380 e. The van der Waals surface area contributed by atoms with Gasteiger partial charge < -0.3 is 19.1 Å². The topological polar surface area (TPSA) is 36.8 Å². The van der Waals surface area contributed by atoms with Crippen molar-refractivity contribution in [2.45, 2.75) is 51.1 Å². The van der Waals surface area contributed by atoms with Gasteiger partial charge in [0, 0.05) is 50.8 Å². The van der Waals surface area contributed by atoms with E-state index >= 15 is 0 Å². The van der Waals surface area contributed by atoms with Gasteiger partial charge in [0.05, 0.1) is 27.7 Å². The van der Waals surface area contributed by atoms with E-state index in [0.29, 0.717) is 22.7 Å². The number of hydrogen-bond donors (Lipinski definition) is 0. The molecule has 0 saturated carbocycles. The summed E-state index contributed by atoms with van der Waals surface area (Å²) in [7, 11) is 0. The van der Waals surface area contributed by atoms with Crippen LogP contribution in [-0.4, -0.2) is 78.4 Å². The molecular formula is C36H45Cl2N5O. The van der Waals surface area contributed by atoms with Crippen molar-refractivity contribution in [2.75, 3.05) is 63.9 Å². The monoisotopic (exact) mass is 633 g/mol. The third kappa shape index (κ3) is 6.80. The molecule has 8 heteroatoms. The van der Waals surface area contributed by atoms with Crippen LogP contribution >= 0.6 is 23.2 Å². The van der Waals surface area contributed by atoms with Crippen molar-refractivity contribution in [1.29, 1.82) is 0 Å². The number of likely N-dealkylation sites (tertiary alicyclic amines) is 1. The lowest BCUT2D eigenvalue weighted by molar-refractivity contribution is 0.140. The summed E-state index contributed by atoms with van der Waals surface area (Å²) in [5.41, 5.74) is 4.96. The number of benzene rings is 3. The molecule has 2 atom stereocenters. The predicted molar refractivity (Wildman–Crippen MR) is 183 cm³/mol. The standard InChI is InChI=1S/C36H45Cl2N5O/c1-3-44-25-24-43-34-13-8-7-12-33(34)39-35(43)41-19-9-18-40(22-23-41)20-16-36(30-14-15-31(37)32(38)26-30)17-21-42(27-36)28(2)29-10-5-4-6-11-29/h4-8,10-15,26,28H,3,9,16-25,27H2,1-2H3. The first-order valence-corrected chi connectivity index (χ1v) is 17.0. The Labute approximate surface area is 272 Å². The predicted octanol–water partition coefficient (Wildman–Crippen LogP) is 7.69. The van der Waals surface area contributed by atoms with Crippen LogP contribution in [0.2, 0.25) is 10.0 Å². The van der Waals surface area contributed by atoms with Crippen molar-refractivity contribution in [3.8, 4) is 0 Å². The fraction of sp³-hybridized carbons (Fsp3) is 0.472. The number of halogens is 2. The number of rotatable bonds is 11. The summed E-state index contributed by atoms with van der Waals surface area (Å²) in [5, 5.41) is 1.27. The number of anilines is 1. The Hall–Kier alpha value is -2.61. The molecule has 2 fully saturated rings. The Balaban J connectivity index is 1.17. The lowest BCUT2D eigenvalue weighted by Gasteiger charge is -2.34. The highest BCUT2D eigenvalue weighted by Crippen LogP contribution is 2.42. The molecule has 0 bridgehead atoms. The molecule has 2 aliphatic rings. The first-order valence-electron chi connectivity index (χ1n) is 16.2. The molecule has 44 heavy (non-hydrogen) atoms. The molecule has 4 aromatic rings. The van der Waals surface area contributed by atoms with Gasteiger partial charge in [-0.25, -0.2) is 4.98 Å². The molecule has 0 amide bonds. The summed E-state index contributed by atoms with van der Waals surface area (Å²) < 4.78 is 8.08. The van der Waals surface area contributed by atoms with Crippen LogP contribution in [0.3, 0.4) is 0 Å². The van der Waals surface area contributed by atoms with Crippen molar-refractivity contribution in [2.24, 2.45) is 0 Å². The van der Waals surface area contributed by atoms with Crippen LogP contribution in [0.1, 0.15) is 50.3 Å². The minimum absolute atomic E-state index is 0.0382. The van der Waals surface area contributed by atoms with Gasteiger partial charge in [0.2, 0.25) is 5.95 Å². The van der Waals surface area contributed by atoms with E-state index in [9.17, 15) is 0 Å². The number of hydrogen-bond acceptors (Lipinski definition) is 5. The molecule has 0 spiro atoms. The molecule has 0 radical (unpaired) electrons. The number of nitrogens with zero attached hydrogens (tertiary/aromatic N) is 5. The number of imidazole rings is 1. The van der Waals surface area contributed by atoms with Gasteiger partial charge >= 0.3 is 0 Å². The number of ether oxygens (including phenoxy) is 1. The first kappa shape index (κ1) is 31.4. The number of aromatic nitrogens is 2. The zero-order valence-corrected chi connectivity index (χ0v) is 27.6. The fourth-order valence-electron chi connectivity index (χ4n) is 7.18. The molecule has 3 aromatic carbocycles. The maximum absolute atomic E-state index is 6.60. The summed E-state index contributed by atoms with van der Waals surface area (Å²) in [6, 6.07) is 26.0. The molecule has 0 aliphatic carbocycles. The SMILES string of the molecule is CCOCCn1c(N2CCCN(CCC3(c4ccc(Cl)c(Cl)c4)CCN(C(C)c4ccccc4)C3)CC2)nc2ccccc21. The summed E-state index contributed by atoms with van der Waals surface area (Å²) in [6.07, 6.45) is 3.33. The highest BCUT2D eigenvalue weighted by atomic mass is 35.5. The van der Waals surface area contributed by atoms with Gasteiger partial charge in [-0.05, 0) is 88.1 Å². The molecule has 234 valence electrons. The van der Waals surface area contributed by atoms with E-state index < -0.39 is 0 Å². The third-order valence-electron chi connectivity index (χ3n) is 9.82. The fourth-order valence-corrected chi connectivity index (χ4v) is 7.48. The lowest BCUT2D eigenvalue weighted by atomic mass is 9.76. The minimum atomic E-state index is 0.0382. The molecule has 1 aromatic heterocycles. The molecule has 2 saturated heterocycles. The van der Waals surface area contributed by atoms with Crippen LogP contribution in [0, 0.1) is 0 Å². The third-order valence-corrected chi connectivity index (χ3v) is 10.6. The second kappa shape index (κ2) is 14.2. The van der Waals surface area contributed by atoms with Crippen molar-refractivity contribution in [1.82, 2.24) is 19.4 Å². The van der Waals surface area contributed by atoms with Gasteiger partial charge in [-0.15, -0.1) is 0 Å². The Bertz CT molecular complexity index is 1530. The van der Waals surface area contributed by atoms with Crippen LogP contribution in [-0.2, 0) is 16.7 Å². The van der Waals surface area contributed by atoms with E-state index in [0.717, 1.165) is 89.7 Å². The van der Waals surface area contributed by atoms with E-state index in [4.69, 9.17) is 32.9 Å². The van der Waals surface area contributed by atoms with E-state index in [1.54, 1.807) is 0 Å². The Morgan fingerprint density at radius 2 is 1.70 bits per heavy atom. The average molecular weight is 635 g/mol. The van der Waals surface area contributed by atoms with E-state index in [1.807, 2.05) is 6.07 Å². The normalized spacial score (nSPS) is 20.8. The first-order chi connectivity index (χ1) is 21.5. The Morgan fingerprint density at radius 1 is 0.886 bits per heavy atom. The summed E-state index contributed by atoms with van der Waals surface area (Å²) in [6.45, 7) is 13.9. The maximum atomic E-state index is 6.60. The number of fused-ring (bicyclic) bond motifs is 1. The van der Waals surface area contributed by atoms with Crippen molar-refractivity contribution >= 4 is 40.2 Å². The van der Waals surface area contributed by atoms with Crippen molar-refractivity contribution in [3.63, 3.8) is 0 Å². The largest absolute Gasteiger partial charge is 0.380 e. The van der Waals surface area contributed by atoms with Gasteiger partial charge in [-0.3, -0.25) is 4.90 Å². The van der Waals surface area contributed by atoms with Gasteiger partial charge in [-0.2, -0.15) is 0 Å². The average Bonchev–Trinajstić information content (AvgIpc) is 3.57. The molecule has 0 N–H and O–H groups in total. The molecular weight excluding hydrogens is 589 g/mol. The summed E-state index contributed by atoms with van der Waals surface area (Å²) in [4.78, 5) is 12.9. The van der Waals surface area contributed by atoms with Crippen molar-refractivity contribution < 1.29 is 4.74 Å². The molecule has 3 heterocycles. The second-order valence-corrected chi connectivity index (χ2v) is 13.2. The quantitative estimate of drug-likeness (QED) is 0.158. The lowest BCUT2D eigenvalue weighted by Crippen LogP contribution is -2.38. The van der Waals surface area contributed by atoms with Crippen LogP contribution in [0.4, 0.5) is 5.95 Å². The van der Waals surface area contributed by atoms with Gasteiger partial charge in [0.25, 0.3) is 0 Å². The molecule has 2 unspecified atom stereocenters. The molecule has 6 rings (SSSR count). The van der Waals surface area contributed by atoms with Gasteiger partial charge in [0.1, 0.15) is 0 Å². The van der Waals surface area contributed by atoms with Crippen LogP contribution < -0.4 is 4.90 Å². The highest BCUT2D eigenvalue weighted by molar-refractivity contribution is 6.42. The molecule has 6 nitrogen and oxygen atoms in total. The van der Waals surface area contributed by atoms with Crippen LogP contribution in [0.15, 0.2) is 72.8 Å². The van der Waals surface area contributed by atoms with Crippen LogP contribution in [0.25, 0.3) is 11.0 Å². The van der Waals surface area contributed by atoms with Crippen LogP contribution in [0.5, 0.6) is 0 Å². The number of para-hydroxylation sites is 2. The van der Waals surface area contributed by atoms with E-state index in [-0.39, 0.29) is 5.41 Å². The van der Waals surface area contributed by atoms with E-state index in [1.165, 1.54) is 16.6 Å². The zero-order valence-electron chi connectivity index (χ0n) is 26.1. The Morgan fingerprint density at radius 3 is 2.52 bits per heavy atom. The maximum Gasteiger partial charge on any atom is 0.206 e. The highest BCUT2D eigenvalue weighted by Gasteiger charge is 2.41. The summed E-state index contributed by atoms with van der Waals surface area (Å²) >= 11 is 13.0. The summed E-state index contributed by atoms with van der Waals surface area (Å²) in [5.74, 6) is 1.07. The molecule has 2 aliphatic heterocycles. The van der Waals surface area contributed by atoms with Gasteiger partial charge in [0.15, 0.2) is 0 Å². The zero-order chi connectivity index (χ0) is 30.5. The Kier molecular flexibility index (Phi) is 10.1. The van der Waals surface area contributed by atoms with Gasteiger partial charge in [-0.1, -0.05) is 71.7 Å². The second-order valence-electron chi connectivity index (χ2n) is 12.4. The smallest absolute Gasteiger partial charge is 0.206 e. The van der Waals surface area contributed by atoms with E-state index in [2.05, 4.69) is 99.8 Å².